The van der Waals surface area contributed by atoms with Crippen molar-refractivity contribution >= 4 is 243 Å². The Labute approximate surface area is 341 Å². The van der Waals surface area contributed by atoms with Crippen LogP contribution in [-0.4, -0.2) is 118 Å². The van der Waals surface area contributed by atoms with E-state index < -0.39 is 0 Å². The fourth-order valence-corrected chi connectivity index (χ4v) is 10.3. The highest BCUT2D eigenvalue weighted by atomic mass is 14.3. The Balaban J connectivity index is 1.74. The molecule has 0 fully saturated rings. The van der Waals surface area contributed by atoms with Gasteiger partial charge in [0.1, 0.15) is 118 Å². The van der Waals surface area contributed by atoms with E-state index in [1.54, 1.807) is 0 Å². The Kier molecular flexibility index (Phi) is 9.23. The molecule has 246 valence electrons. The lowest BCUT2D eigenvalue weighted by Crippen LogP contribution is -2.53. The molecule has 8 aromatic carbocycles. The monoisotopic (exact) mass is 686 g/mol. The zero-order valence-electron chi connectivity index (χ0n) is 35.9. The van der Waals surface area contributed by atoms with Crippen molar-refractivity contribution in [1.82, 2.24) is 0 Å². The third kappa shape index (κ3) is 5.20. The highest BCUT2D eigenvalue weighted by Crippen LogP contribution is 2.44. The summed E-state index contributed by atoms with van der Waals surface area (Å²) in [7, 11) is 35.4. The summed E-state index contributed by atoms with van der Waals surface area (Å²) in [6.07, 6.45) is 0. The van der Waals surface area contributed by atoms with Crippen LogP contribution < -0.4 is 81.9 Å². The van der Waals surface area contributed by atoms with E-state index in [4.69, 9.17) is 0 Å². The first kappa shape index (κ1) is 37.7. The third-order valence-electron chi connectivity index (χ3n) is 14.7. The fraction of sp³-hybridized carbons (Fsp3) is 0. The minimum absolute atomic E-state index is 1.25. The van der Waals surface area contributed by atoms with E-state index in [9.17, 15) is 0 Å². The van der Waals surface area contributed by atoms with Gasteiger partial charge in [-0.2, -0.15) is 0 Å². The van der Waals surface area contributed by atoms with Gasteiger partial charge in [0.2, 0.25) is 0 Å². The van der Waals surface area contributed by atoms with E-state index in [2.05, 4.69) is 184 Å². The van der Waals surface area contributed by atoms with Crippen molar-refractivity contribution in [2.45, 2.75) is 0 Å². The lowest BCUT2D eigenvalue weighted by molar-refractivity contribution is 1.65. The van der Waals surface area contributed by atoms with Gasteiger partial charge in [-0.15, -0.1) is 38.2 Å². The van der Waals surface area contributed by atoms with Gasteiger partial charge in [0.05, 0.1) is 0 Å². The molecule has 0 aromatic heterocycles. The summed E-state index contributed by atoms with van der Waals surface area (Å²) in [5.74, 6) is 0. The molecule has 0 spiro atoms. The zero-order valence-corrected chi connectivity index (χ0v) is 35.9. The van der Waals surface area contributed by atoms with Gasteiger partial charge in [0.25, 0.3) is 0 Å². The van der Waals surface area contributed by atoms with Crippen LogP contribution in [0.25, 0.3) is 76.5 Å². The molecule has 55 heavy (non-hydrogen) atoms. The Morgan fingerprint density at radius 2 is 0.527 bits per heavy atom. The van der Waals surface area contributed by atoms with Crippen molar-refractivity contribution in [2.24, 2.45) is 0 Å². The molecular weight excluding hydrogens is 643 g/mol. The number of rotatable bonds is 3. The van der Waals surface area contributed by atoms with Gasteiger partial charge in [-0.1, -0.05) is 110 Å². The summed E-state index contributed by atoms with van der Waals surface area (Å²) >= 11 is 0. The van der Waals surface area contributed by atoms with Gasteiger partial charge in [-0.05, 0) is 76.5 Å². The molecule has 0 radical (unpaired) electrons. The first-order valence-electron chi connectivity index (χ1n) is 20.1. The van der Waals surface area contributed by atoms with Crippen LogP contribution in [0.2, 0.25) is 0 Å². The summed E-state index contributed by atoms with van der Waals surface area (Å²) in [5.41, 5.74) is 29.0. The topological polar surface area (TPSA) is 0 Å². The van der Waals surface area contributed by atoms with E-state index >= 15 is 0 Å². The molecule has 15 heteroatoms. The molecule has 0 aliphatic carbocycles. The maximum absolute atomic E-state index is 2.43. The summed E-state index contributed by atoms with van der Waals surface area (Å²) in [6, 6.07) is 24.8. The van der Waals surface area contributed by atoms with E-state index in [0.717, 1.165) is 0 Å². The minimum Gasteiger partial charge on any atom is -0.101 e. The molecule has 0 N–H and O–H groups in total. The van der Waals surface area contributed by atoms with Gasteiger partial charge in [-0.3, -0.25) is 0 Å². The molecule has 0 aliphatic rings. The van der Waals surface area contributed by atoms with Crippen molar-refractivity contribution in [3.63, 3.8) is 0 Å². The normalized spacial score (nSPS) is 11.6. The molecule has 0 nitrogen and oxygen atoms in total. The van der Waals surface area contributed by atoms with Crippen LogP contribution in [-0.2, 0) is 0 Å². The second-order valence-electron chi connectivity index (χ2n) is 16.8. The summed E-state index contributed by atoms with van der Waals surface area (Å²) < 4.78 is 0. The minimum atomic E-state index is 1.25. The van der Waals surface area contributed by atoms with Gasteiger partial charge in [-0.25, -0.2) is 0 Å². The SMILES string of the molecule is Bc1c(B)c(B)c2c(-c3c4c(B)c(B)c(B)c(B)c4c(-c4ccc(-c5ccccc5)c5ccccc45)c4c(B)c(B)c(B)c(B)c34)c(B)c(B)c(B)c2c1B. The predicted molar refractivity (Wildman–Crippen MR) is 295 cm³/mol. The van der Waals surface area contributed by atoms with E-state index in [0.29, 0.717) is 0 Å². The van der Waals surface area contributed by atoms with Crippen LogP contribution >= 0.6 is 0 Å². The van der Waals surface area contributed by atoms with E-state index in [1.165, 1.54) is 158 Å². The van der Waals surface area contributed by atoms with Crippen molar-refractivity contribution in [1.29, 1.82) is 0 Å². The maximum atomic E-state index is 2.43. The first-order valence-corrected chi connectivity index (χ1v) is 20.1. The Bertz CT molecular complexity index is 2940. The van der Waals surface area contributed by atoms with E-state index in [-0.39, 0.29) is 0 Å². The molecule has 0 saturated carbocycles. The van der Waals surface area contributed by atoms with Crippen LogP contribution in [0.3, 0.4) is 0 Å². The van der Waals surface area contributed by atoms with Crippen LogP contribution in [0, 0.1) is 0 Å². The summed E-state index contributed by atoms with van der Waals surface area (Å²) in [6.45, 7) is 0. The lowest BCUT2D eigenvalue weighted by Gasteiger charge is -2.31. The highest BCUT2D eigenvalue weighted by molar-refractivity contribution is 6.75. The summed E-state index contributed by atoms with van der Waals surface area (Å²) in [4.78, 5) is 0. The second kappa shape index (κ2) is 13.5. The first-order chi connectivity index (χ1) is 26.1. The number of benzene rings is 8. The quantitative estimate of drug-likeness (QED) is 0.128. The molecule has 8 aromatic rings. The van der Waals surface area contributed by atoms with Crippen molar-refractivity contribution in [3.8, 4) is 33.4 Å². The number of hydrogen-bond donors (Lipinski definition) is 0. The third-order valence-corrected chi connectivity index (χ3v) is 14.7. The van der Waals surface area contributed by atoms with Gasteiger partial charge >= 0.3 is 0 Å². The molecular formula is C40H41B15. The standard InChI is InChI=1S/C40H41B15/c41-26-19-17(16-11-10-13(12-6-2-1-3-7-12)14-8-4-5-9-15(14)16)20-22(30(45)38(53)36(51)27(20)42)18(21(19)29(44)37(52)35(26)50)23-24-25(32(47)34(49)28(23)43)33(48)40(55)39(54)31(24)46/h1-11H,41-55H2. The lowest BCUT2D eigenvalue weighted by atomic mass is 9.56. The predicted octanol–water partition coefficient (Wildman–Crippen LogP) is -14.8. The van der Waals surface area contributed by atoms with Crippen LogP contribution in [0.1, 0.15) is 0 Å². The van der Waals surface area contributed by atoms with Crippen LogP contribution in [0.5, 0.6) is 0 Å². The summed E-state index contributed by atoms with van der Waals surface area (Å²) in [5, 5.41) is 11.1. The number of fused-ring (bicyclic) bond motifs is 4. The van der Waals surface area contributed by atoms with E-state index in [1.807, 2.05) is 0 Å². The van der Waals surface area contributed by atoms with Crippen molar-refractivity contribution in [2.75, 3.05) is 0 Å². The molecule has 0 heterocycles. The second-order valence-corrected chi connectivity index (χ2v) is 16.8. The molecule has 0 unspecified atom stereocenters. The molecule has 0 atom stereocenters. The van der Waals surface area contributed by atoms with Gasteiger partial charge in [0, 0.05) is 0 Å². The molecule has 0 aliphatic heterocycles. The Morgan fingerprint density at radius 3 is 0.964 bits per heavy atom. The van der Waals surface area contributed by atoms with Gasteiger partial charge < -0.3 is 0 Å². The fourth-order valence-electron chi connectivity index (χ4n) is 10.3. The van der Waals surface area contributed by atoms with Crippen LogP contribution in [0.15, 0.2) is 66.7 Å². The maximum Gasteiger partial charge on any atom is 0.139 e. The average Bonchev–Trinajstić information content (AvgIpc) is 3.19. The highest BCUT2D eigenvalue weighted by Gasteiger charge is 2.29. The molecule has 8 rings (SSSR count). The zero-order chi connectivity index (χ0) is 39.5. The average molecular weight is 684 g/mol. The van der Waals surface area contributed by atoms with Crippen molar-refractivity contribution < 1.29 is 0 Å². The molecule has 0 bridgehead atoms. The van der Waals surface area contributed by atoms with Crippen molar-refractivity contribution in [3.05, 3.63) is 66.7 Å². The largest absolute Gasteiger partial charge is 0.139 e. The van der Waals surface area contributed by atoms with Crippen LogP contribution in [0.4, 0.5) is 0 Å². The molecule has 0 saturated heterocycles. The number of hydrogen-bond acceptors (Lipinski definition) is 0. The Hall–Kier alpha value is -4.23. The smallest absolute Gasteiger partial charge is 0.101 e. The van der Waals surface area contributed by atoms with Gasteiger partial charge in [0.15, 0.2) is 0 Å². The Morgan fingerprint density at radius 1 is 0.218 bits per heavy atom. The molecule has 0 amide bonds.